The molecule has 1 aromatic heterocycles. The molecule has 0 aliphatic rings. The van der Waals surface area contributed by atoms with Crippen molar-refractivity contribution in [2.75, 3.05) is 13.1 Å². The summed E-state index contributed by atoms with van der Waals surface area (Å²) in [7, 11) is 0. The number of fused-ring (bicyclic) bond motifs is 1. The topological polar surface area (TPSA) is 70.8 Å². The standard InChI is InChI=1S/C36H49FN2O4/c1-4-5-6-7-8-9-10-11-12-17-34(40)38(23-22-28(2)3)26-35(41)39(24-29-18-20-31(37)21-19-29)25-30-27-43-33-16-14-13-15-32(33)36(30)42/h13-16,18-21,27-28H,4-12,17,22-26H2,1-3H3. The van der Waals surface area contributed by atoms with Crippen molar-refractivity contribution in [1.82, 2.24) is 9.80 Å². The lowest BCUT2D eigenvalue weighted by Gasteiger charge is -2.28. The van der Waals surface area contributed by atoms with Gasteiger partial charge in [0.25, 0.3) is 0 Å². The lowest BCUT2D eigenvalue weighted by Crippen LogP contribution is -2.43. The van der Waals surface area contributed by atoms with Gasteiger partial charge < -0.3 is 14.2 Å². The number of hydrogen-bond donors (Lipinski definition) is 0. The Kier molecular flexibility index (Phi) is 14.4. The van der Waals surface area contributed by atoms with Crippen LogP contribution in [0.2, 0.25) is 0 Å². The molecule has 1 heterocycles. The van der Waals surface area contributed by atoms with Crippen LogP contribution in [0.15, 0.2) is 64.0 Å². The first-order chi connectivity index (χ1) is 20.8. The third-order valence-electron chi connectivity index (χ3n) is 7.90. The number of benzene rings is 2. The van der Waals surface area contributed by atoms with Gasteiger partial charge >= 0.3 is 0 Å². The Bertz CT molecular complexity index is 1340. The minimum absolute atomic E-state index is 0.0103. The van der Waals surface area contributed by atoms with Gasteiger partial charge in [-0.3, -0.25) is 14.4 Å². The van der Waals surface area contributed by atoms with E-state index in [9.17, 15) is 18.8 Å². The van der Waals surface area contributed by atoms with E-state index in [-0.39, 0.29) is 42.7 Å². The van der Waals surface area contributed by atoms with Gasteiger partial charge in [-0.25, -0.2) is 4.39 Å². The highest BCUT2D eigenvalue weighted by Gasteiger charge is 2.23. The van der Waals surface area contributed by atoms with Crippen molar-refractivity contribution in [1.29, 1.82) is 0 Å². The highest BCUT2D eigenvalue weighted by molar-refractivity contribution is 5.85. The lowest BCUT2D eigenvalue weighted by atomic mass is 10.1. The number of rotatable bonds is 19. The Balaban J connectivity index is 1.69. The van der Waals surface area contributed by atoms with Crippen molar-refractivity contribution < 1.29 is 18.4 Å². The van der Waals surface area contributed by atoms with E-state index < -0.39 is 0 Å². The van der Waals surface area contributed by atoms with Gasteiger partial charge in [-0.1, -0.05) is 96.4 Å². The molecule has 3 rings (SSSR count). The predicted octanol–water partition coefficient (Wildman–Crippen LogP) is 8.26. The van der Waals surface area contributed by atoms with Gasteiger partial charge in [0.1, 0.15) is 11.4 Å². The molecule has 43 heavy (non-hydrogen) atoms. The Morgan fingerprint density at radius 3 is 2.14 bits per heavy atom. The van der Waals surface area contributed by atoms with Crippen LogP contribution < -0.4 is 5.43 Å². The van der Waals surface area contributed by atoms with Crippen molar-refractivity contribution in [3.8, 4) is 0 Å². The molecule has 7 heteroatoms. The van der Waals surface area contributed by atoms with E-state index in [1.165, 1.54) is 56.9 Å². The molecule has 6 nitrogen and oxygen atoms in total. The van der Waals surface area contributed by atoms with Crippen LogP contribution in [0.3, 0.4) is 0 Å². The molecule has 234 valence electrons. The summed E-state index contributed by atoms with van der Waals surface area (Å²) in [6.07, 6.45) is 13.2. The fourth-order valence-electron chi connectivity index (χ4n) is 5.19. The number of carbonyl (C=O) groups excluding carboxylic acids is 2. The van der Waals surface area contributed by atoms with Crippen LogP contribution in [-0.4, -0.2) is 34.7 Å². The van der Waals surface area contributed by atoms with Gasteiger partial charge in [0.15, 0.2) is 5.43 Å². The number of halogens is 1. The number of nitrogens with zero attached hydrogens (tertiary/aromatic N) is 2. The van der Waals surface area contributed by atoms with E-state index in [1.807, 2.05) is 0 Å². The molecule has 0 bridgehead atoms. The van der Waals surface area contributed by atoms with Gasteiger partial charge in [0.05, 0.1) is 30.3 Å². The van der Waals surface area contributed by atoms with E-state index in [1.54, 1.807) is 46.2 Å². The highest BCUT2D eigenvalue weighted by atomic mass is 19.1. The van der Waals surface area contributed by atoms with Gasteiger partial charge in [-0.2, -0.15) is 0 Å². The first kappa shape index (κ1) is 34.0. The van der Waals surface area contributed by atoms with Crippen molar-refractivity contribution >= 4 is 22.8 Å². The van der Waals surface area contributed by atoms with Crippen LogP contribution in [0, 0.1) is 11.7 Å². The normalized spacial score (nSPS) is 11.3. The van der Waals surface area contributed by atoms with Crippen LogP contribution in [-0.2, 0) is 22.7 Å². The smallest absolute Gasteiger partial charge is 0.242 e. The molecular weight excluding hydrogens is 543 g/mol. The largest absolute Gasteiger partial charge is 0.464 e. The maximum Gasteiger partial charge on any atom is 0.242 e. The number of unbranched alkanes of at least 4 members (excludes halogenated alkanes) is 8. The van der Waals surface area contributed by atoms with Crippen molar-refractivity contribution in [2.24, 2.45) is 5.92 Å². The second kappa shape index (κ2) is 18.2. The summed E-state index contributed by atoms with van der Waals surface area (Å²) in [6, 6.07) is 13.0. The lowest BCUT2D eigenvalue weighted by molar-refractivity contribution is -0.141. The van der Waals surface area contributed by atoms with Crippen LogP contribution in [0.5, 0.6) is 0 Å². The Morgan fingerprint density at radius 2 is 1.47 bits per heavy atom. The minimum Gasteiger partial charge on any atom is -0.464 e. The molecule has 2 aromatic carbocycles. The van der Waals surface area contributed by atoms with Gasteiger partial charge in [0.2, 0.25) is 11.8 Å². The van der Waals surface area contributed by atoms with E-state index in [2.05, 4.69) is 20.8 Å². The summed E-state index contributed by atoms with van der Waals surface area (Å²) < 4.78 is 19.3. The quantitative estimate of drug-likeness (QED) is 0.131. The maximum atomic E-state index is 13.8. The fraction of sp³-hybridized carbons (Fsp3) is 0.528. The summed E-state index contributed by atoms with van der Waals surface area (Å²) >= 11 is 0. The van der Waals surface area contributed by atoms with E-state index in [0.717, 1.165) is 31.2 Å². The molecule has 0 radical (unpaired) electrons. The Labute approximate surface area is 256 Å². The Morgan fingerprint density at radius 1 is 0.814 bits per heavy atom. The van der Waals surface area contributed by atoms with E-state index in [0.29, 0.717) is 35.4 Å². The molecule has 0 saturated heterocycles. The SMILES string of the molecule is CCCCCCCCCCCC(=O)N(CCC(C)C)CC(=O)N(Cc1ccc(F)cc1)Cc1coc2ccccc2c1=O. The second-order valence-electron chi connectivity index (χ2n) is 12.0. The molecule has 0 aliphatic heterocycles. The number of carbonyl (C=O) groups is 2. The third-order valence-corrected chi connectivity index (χ3v) is 7.90. The molecule has 0 fully saturated rings. The molecular formula is C36H49FN2O4. The van der Waals surface area contributed by atoms with Crippen LogP contribution in [0.4, 0.5) is 4.39 Å². The van der Waals surface area contributed by atoms with Crippen molar-refractivity contribution in [3.63, 3.8) is 0 Å². The van der Waals surface area contributed by atoms with Gasteiger partial charge in [0, 0.05) is 19.5 Å². The molecule has 0 saturated carbocycles. The first-order valence-electron chi connectivity index (χ1n) is 16.1. The summed E-state index contributed by atoms with van der Waals surface area (Å²) in [4.78, 5) is 43.6. The van der Waals surface area contributed by atoms with Crippen LogP contribution in [0.1, 0.15) is 103 Å². The van der Waals surface area contributed by atoms with Crippen LogP contribution >= 0.6 is 0 Å². The van der Waals surface area contributed by atoms with Crippen LogP contribution in [0.25, 0.3) is 11.0 Å². The number of amides is 2. The summed E-state index contributed by atoms with van der Waals surface area (Å²) in [6.45, 7) is 7.06. The van der Waals surface area contributed by atoms with Crippen molar-refractivity contribution in [3.05, 3.63) is 82.0 Å². The number of hydrogen-bond acceptors (Lipinski definition) is 4. The monoisotopic (exact) mass is 592 g/mol. The van der Waals surface area contributed by atoms with Crippen molar-refractivity contribution in [2.45, 2.75) is 104 Å². The molecule has 3 aromatic rings. The predicted molar refractivity (Wildman–Crippen MR) is 171 cm³/mol. The average molecular weight is 593 g/mol. The fourth-order valence-corrected chi connectivity index (χ4v) is 5.19. The van der Waals surface area contributed by atoms with Gasteiger partial charge in [-0.15, -0.1) is 0 Å². The maximum absolute atomic E-state index is 13.8. The molecule has 0 unspecified atom stereocenters. The molecule has 0 N–H and O–H groups in total. The second-order valence-corrected chi connectivity index (χ2v) is 12.0. The number of para-hydroxylation sites is 1. The van der Waals surface area contributed by atoms with Gasteiger partial charge in [-0.05, 0) is 48.6 Å². The molecule has 0 spiro atoms. The highest BCUT2D eigenvalue weighted by Crippen LogP contribution is 2.16. The zero-order valence-electron chi connectivity index (χ0n) is 26.3. The summed E-state index contributed by atoms with van der Waals surface area (Å²) in [5.41, 5.74) is 1.37. The zero-order chi connectivity index (χ0) is 31.0. The average Bonchev–Trinajstić information content (AvgIpc) is 3.00. The molecule has 0 atom stereocenters. The zero-order valence-corrected chi connectivity index (χ0v) is 26.3. The molecule has 2 amide bonds. The first-order valence-corrected chi connectivity index (χ1v) is 16.1. The minimum atomic E-state index is -0.362. The van der Waals surface area contributed by atoms with E-state index >= 15 is 0 Å². The molecule has 0 aliphatic carbocycles. The Hall–Kier alpha value is -3.48. The summed E-state index contributed by atoms with van der Waals surface area (Å²) in [5.74, 6) is -0.251. The summed E-state index contributed by atoms with van der Waals surface area (Å²) in [5, 5.41) is 0.448. The third kappa shape index (κ3) is 11.6. The van der Waals surface area contributed by atoms with E-state index in [4.69, 9.17) is 4.42 Å².